The summed E-state index contributed by atoms with van der Waals surface area (Å²) in [4.78, 5) is 0. The number of hydrogen-bond donors (Lipinski definition) is 2. The van der Waals surface area contributed by atoms with Gasteiger partial charge in [-0.25, -0.2) is 13.1 Å². The molecule has 0 aliphatic heterocycles. The molecular formula is C12H28N2O3S. The minimum absolute atomic E-state index is 0.159. The Kier molecular flexibility index (Phi) is 8.77. The molecule has 0 aliphatic rings. The van der Waals surface area contributed by atoms with Gasteiger partial charge in [0.2, 0.25) is 10.0 Å². The van der Waals surface area contributed by atoms with Gasteiger partial charge in [0.25, 0.3) is 0 Å². The summed E-state index contributed by atoms with van der Waals surface area (Å²) < 4.78 is 31.5. The van der Waals surface area contributed by atoms with Crippen LogP contribution in [-0.4, -0.2) is 46.0 Å². The lowest BCUT2D eigenvalue weighted by molar-refractivity contribution is -0.00514. The van der Waals surface area contributed by atoms with Gasteiger partial charge in [-0.2, -0.15) is 0 Å². The van der Waals surface area contributed by atoms with Crippen molar-refractivity contribution in [2.45, 2.75) is 46.1 Å². The van der Waals surface area contributed by atoms with Gasteiger partial charge < -0.3 is 10.1 Å². The van der Waals surface area contributed by atoms with Gasteiger partial charge in [-0.15, -0.1) is 0 Å². The normalized spacial score (nSPS) is 12.9. The molecule has 0 heterocycles. The molecule has 0 saturated heterocycles. The van der Waals surface area contributed by atoms with Crippen LogP contribution in [0.25, 0.3) is 0 Å². The summed E-state index contributed by atoms with van der Waals surface area (Å²) in [6, 6.07) is 0. The minimum atomic E-state index is -3.19. The summed E-state index contributed by atoms with van der Waals surface area (Å²) in [5, 5.41) is 3.18. The van der Waals surface area contributed by atoms with E-state index >= 15 is 0 Å². The summed E-state index contributed by atoms with van der Waals surface area (Å²) >= 11 is 0. The molecule has 0 fully saturated rings. The standard InChI is InChI=1S/C12H28N2O3S/c1-5-8-13-9-7-10-18(15,16)14-11-12(3,4)17-6-2/h13-14H,5-11H2,1-4H3. The highest BCUT2D eigenvalue weighted by molar-refractivity contribution is 7.89. The Morgan fingerprint density at radius 2 is 1.83 bits per heavy atom. The van der Waals surface area contributed by atoms with Gasteiger partial charge in [0.1, 0.15) is 0 Å². The van der Waals surface area contributed by atoms with Crippen LogP contribution in [0.4, 0.5) is 0 Å². The number of rotatable bonds is 11. The van der Waals surface area contributed by atoms with Gasteiger partial charge in [0.05, 0.1) is 11.4 Å². The van der Waals surface area contributed by atoms with E-state index in [1.54, 1.807) is 0 Å². The van der Waals surface area contributed by atoms with E-state index in [-0.39, 0.29) is 5.75 Å². The molecule has 5 nitrogen and oxygen atoms in total. The molecule has 0 aromatic carbocycles. The fourth-order valence-electron chi connectivity index (χ4n) is 1.49. The van der Waals surface area contributed by atoms with Crippen molar-refractivity contribution in [3.63, 3.8) is 0 Å². The molecule has 0 bridgehead atoms. The lowest BCUT2D eigenvalue weighted by Gasteiger charge is -2.24. The van der Waals surface area contributed by atoms with Crippen molar-refractivity contribution in [3.8, 4) is 0 Å². The second-order valence-electron chi connectivity index (χ2n) is 4.94. The Morgan fingerprint density at radius 1 is 1.17 bits per heavy atom. The molecule has 18 heavy (non-hydrogen) atoms. The van der Waals surface area contributed by atoms with Crippen LogP contribution in [0.3, 0.4) is 0 Å². The van der Waals surface area contributed by atoms with E-state index in [0.717, 1.165) is 19.5 Å². The third kappa shape index (κ3) is 9.82. The third-order valence-corrected chi connectivity index (χ3v) is 3.86. The van der Waals surface area contributed by atoms with Crippen LogP contribution in [0.2, 0.25) is 0 Å². The number of nitrogens with one attached hydrogen (secondary N) is 2. The highest BCUT2D eigenvalue weighted by Gasteiger charge is 2.20. The van der Waals surface area contributed by atoms with Crippen molar-refractivity contribution in [2.75, 3.05) is 32.0 Å². The van der Waals surface area contributed by atoms with Gasteiger partial charge in [-0.1, -0.05) is 6.92 Å². The monoisotopic (exact) mass is 280 g/mol. The molecule has 6 heteroatoms. The third-order valence-electron chi connectivity index (χ3n) is 2.45. The van der Waals surface area contributed by atoms with E-state index in [9.17, 15) is 8.42 Å². The van der Waals surface area contributed by atoms with Gasteiger partial charge >= 0.3 is 0 Å². The summed E-state index contributed by atoms with van der Waals surface area (Å²) in [6.45, 7) is 10.3. The molecule has 0 rings (SSSR count). The first-order valence-corrected chi connectivity index (χ1v) is 8.30. The van der Waals surface area contributed by atoms with E-state index in [4.69, 9.17) is 4.74 Å². The molecule has 0 unspecified atom stereocenters. The molecule has 0 aromatic rings. The maximum absolute atomic E-state index is 11.7. The Labute approximate surface area is 112 Å². The Bertz CT molecular complexity index is 302. The first-order chi connectivity index (χ1) is 8.33. The molecule has 0 radical (unpaired) electrons. The van der Waals surface area contributed by atoms with Crippen molar-refractivity contribution in [1.29, 1.82) is 0 Å². The van der Waals surface area contributed by atoms with Crippen LogP contribution in [0, 0.1) is 0 Å². The second-order valence-corrected chi connectivity index (χ2v) is 6.86. The van der Waals surface area contributed by atoms with Gasteiger partial charge in [-0.05, 0) is 46.7 Å². The van der Waals surface area contributed by atoms with Crippen molar-refractivity contribution in [3.05, 3.63) is 0 Å². The van der Waals surface area contributed by atoms with Crippen molar-refractivity contribution < 1.29 is 13.2 Å². The van der Waals surface area contributed by atoms with Gasteiger partial charge in [-0.3, -0.25) is 0 Å². The molecule has 0 aliphatic carbocycles. The SMILES string of the molecule is CCCNCCCS(=O)(=O)NCC(C)(C)OCC. The number of ether oxygens (including phenoxy) is 1. The van der Waals surface area contributed by atoms with Crippen molar-refractivity contribution in [1.82, 2.24) is 10.0 Å². The van der Waals surface area contributed by atoms with Crippen LogP contribution in [0.1, 0.15) is 40.5 Å². The lowest BCUT2D eigenvalue weighted by Crippen LogP contribution is -2.41. The Balaban J connectivity index is 3.87. The lowest BCUT2D eigenvalue weighted by atomic mass is 10.1. The van der Waals surface area contributed by atoms with Gasteiger partial charge in [0, 0.05) is 13.2 Å². The first-order valence-electron chi connectivity index (χ1n) is 6.65. The zero-order valence-corrected chi connectivity index (χ0v) is 12.9. The van der Waals surface area contributed by atoms with Crippen LogP contribution < -0.4 is 10.0 Å². The molecule has 2 N–H and O–H groups in total. The first kappa shape index (κ1) is 17.8. The maximum Gasteiger partial charge on any atom is 0.211 e. The van der Waals surface area contributed by atoms with E-state index in [1.165, 1.54) is 0 Å². The molecule has 0 spiro atoms. The number of sulfonamides is 1. The fourth-order valence-corrected chi connectivity index (χ4v) is 2.72. The maximum atomic E-state index is 11.7. The van der Waals surface area contributed by atoms with Crippen LogP contribution in [-0.2, 0) is 14.8 Å². The van der Waals surface area contributed by atoms with Crippen LogP contribution in [0.5, 0.6) is 0 Å². The van der Waals surface area contributed by atoms with E-state index in [0.29, 0.717) is 19.6 Å². The van der Waals surface area contributed by atoms with Crippen molar-refractivity contribution >= 4 is 10.0 Å². The Hall–Kier alpha value is -0.170. The molecule has 110 valence electrons. The van der Waals surface area contributed by atoms with E-state index in [1.807, 2.05) is 20.8 Å². The zero-order valence-electron chi connectivity index (χ0n) is 12.1. The topological polar surface area (TPSA) is 67.4 Å². The predicted molar refractivity (Wildman–Crippen MR) is 75.3 cm³/mol. The average molecular weight is 280 g/mol. The molecule has 0 atom stereocenters. The van der Waals surface area contributed by atoms with Gasteiger partial charge in [0.15, 0.2) is 0 Å². The molecule has 0 amide bonds. The second kappa shape index (κ2) is 8.85. The minimum Gasteiger partial charge on any atom is -0.375 e. The van der Waals surface area contributed by atoms with Crippen LogP contribution >= 0.6 is 0 Å². The van der Waals surface area contributed by atoms with Crippen LogP contribution in [0.15, 0.2) is 0 Å². The molecule has 0 aromatic heterocycles. The summed E-state index contributed by atoms with van der Waals surface area (Å²) in [7, 11) is -3.19. The predicted octanol–water partition coefficient (Wildman–Crippen LogP) is 1.11. The quantitative estimate of drug-likeness (QED) is 0.556. The van der Waals surface area contributed by atoms with E-state index in [2.05, 4.69) is 17.0 Å². The summed E-state index contributed by atoms with van der Waals surface area (Å²) in [6.07, 6.45) is 1.69. The van der Waals surface area contributed by atoms with E-state index < -0.39 is 15.6 Å². The largest absolute Gasteiger partial charge is 0.375 e. The zero-order chi connectivity index (χ0) is 14.1. The molecular weight excluding hydrogens is 252 g/mol. The average Bonchev–Trinajstić information content (AvgIpc) is 2.27. The summed E-state index contributed by atoms with van der Waals surface area (Å²) in [5.74, 6) is 0.159. The Morgan fingerprint density at radius 3 is 2.39 bits per heavy atom. The highest BCUT2D eigenvalue weighted by atomic mass is 32.2. The van der Waals surface area contributed by atoms with Crippen molar-refractivity contribution in [2.24, 2.45) is 0 Å². The smallest absolute Gasteiger partial charge is 0.211 e. The highest BCUT2D eigenvalue weighted by Crippen LogP contribution is 2.07. The summed E-state index contributed by atoms with van der Waals surface area (Å²) in [5.41, 5.74) is -0.456. The fraction of sp³-hybridized carbons (Fsp3) is 1.00. The number of hydrogen-bond acceptors (Lipinski definition) is 4. The molecule has 0 saturated carbocycles.